The van der Waals surface area contributed by atoms with Crippen molar-refractivity contribution in [2.75, 3.05) is 6.54 Å². The molecule has 0 aromatic carbocycles. The van der Waals surface area contributed by atoms with Crippen LogP contribution in [0.5, 0.6) is 0 Å². The van der Waals surface area contributed by atoms with Gasteiger partial charge in [0.25, 0.3) is 0 Å². The zero-order chi connectivity index (χ0) is 6.97. The molecule has 0 aliphatic carbocycles. The van der Waals surface area contributed by atoms with Crippen molar-refractivity contribution in [1.82, 2.24) is 5.32 Å². The monoisotopic (exact) mass is 209 g/mol. The summed E-state index contributed by atoms with van der Waals surface area (Å²) in [6.07, 6.45) is 1.26. The first-order valence-corrected chi connectivity index (χ1v) is 4.54. The van der Waals surface area contributed by atoms with Gasteiger partial charge in [-0.2, -0.15) is 0 Å². The molecule has 11 heavy (non-hydrogen) atoms. The molecule has 1 N–H and O–H groups in total. The summed E-state index contributed by atoms with van der Waals surface area (Å²) < 4.78 is 0.892. The third-order valence-electron chi connectivity index (χ3n) is 1.76. The van der Waals surface area contributed by atoms with Gasteiger partial charge in [-0.05, 0) is 25.1 Å². The summed E-state index contributed by atoms with van der Waals surface area (Å²) in [7, 11) is 0. The Morgan fingerprint density at radius 1 is 1.55 bits per heavy atom. The molecular weight excluding hydrogens is 201 g/mol. The highest BCUT2D eigenvalue weighted by Crippen LogP contribution is 2.31. The van der Waals surface area contributed by atoms with Crippen LogP contribution in [-0.4, -0.2) is 6.54 Å². The summed E-state index contributed by atoms with van der Waals surface area (Å²) in [5.41, 5.74) is 0. The Bertz CT molecular complexity index is 232. The van der Waals surface area contributed by atoms with Gasteiger partial charge in [-0.25, -0.2) is 0 Å². The topological polar surface area (TPSA) is 12.0 Å². The van der Waals surface area contributed by atoms with Crippen molar-refractivity contribution in [2.45, 2.75) is 12.5 Å². The molecule has 1 aromatic rings. The quantitative estimate of drug-likeness (QED) is 0.751. The molecule has 1 saturated heterocycles. The minimum atomic E-state index is 0. The highest BCUT2D eigenvalue weighted by Gasteiger charge is 2.19. The van der Waals surface area contributed by atoms with Gasteiger partial charge in [-0.15, -0.1) is 23.7 Å². The van der Waals surface area contributed by atoms with Gasteiger partial charge in [0, 0.05) is 10.9 Å². The molecule has 0 unspecified atom stereocenters. The van der Waals surface area contributed by atoms with Gasteiger partial charge >= 0.3 is 0 Å². The fraction of sp³-hybridized carbons (Fsp3) is 0.429. The Labute approximate surface area is 81.2 Å². The molecule has 0 amide bonds. The van der Waals surface area contributed by atoms with Gasteiger partial charge in [0.15, 0.2) is 0 Å². The zero-order valence-electron chi connectivity index (χ0n) is 5.84. The van der Waals surface area contributed by atoms with Crippen LogP contribution in [0, 0.1) is 0 Å². The molecule has 1 atom stereocenters. The molecule has 0 radical (unpaired) electrons. The summed E-state index contributed by atoms with van der Waals surface area (Å²) in [5, 5.41) is 3.33. The van der Waals surface area contributed by atoms with Crippen LogP contribution >= 0.6 is 35.3 Å². The van der Waals surface area contributed by atoms with Gasteiger partial charge in [-0.3, -0.25) is 0 Å². The van der Waals surface area contributed by atoms with Crippen molar-refractivity contribution >= 4 is 35.3 Å². The van der Waals surface area contributed by atoms with E-state index < -0.39 is 0 Å². The van der Waals surface area contributed by atoms with E-state index in [0.29, 0.717) is 6.04 Å². The minimum absolute atomic E-state index is 0. The SMILES string of the molecule is Cl.Clc1ccc([C@@H]2CCN2)s1. The van der Waals surface area contributed by atoms with E-state index in [2.05, 4.69) is 11.4 Å². The van der Waals surface area contributed by atoms with Crippen molar-refractivity contribution in [2.24, 2.45) is 0 Å². The first-order chi connectivity index (χ1) is 4.86. The predicted molar refractivity (Wildman–Crippen MR) is 51.9 cm³/mol. The van der Waals surface area contributed by atoms with E-state index in [0.717, 1.165) is 10.9 Å². The molecule has 0 bridgehead atoms. The third kappa shape index (κ3) is 1.88. The van der Waals surface area contributed by atoms with Gasteiger partial charge in [0.05, 0.1) is 4.34 Å². The Morgan fingerprint density at radius 2 is 2.27 bits per heavy atom. The van der Waals surface area contributed by atoms with E-state index in [1.807, 2.05) is 6.07 Å². The van der Waals surface area contributed by atoms with Crippen LogP contribution < -0.4 is 5.32 Å². The molecule has 62 valence electrons. The second-order valence-electron chi connectivity index (χ2n) is 2.44. The Morgan fingerprint density at radius 3 is 2.64 bits per heavy atom. The van der Waals surface area contributed by atoms with Crippen molar-refractivity contribution in [3.05, 3.63) is 21.3 Å². The number of halogens is 2. The van der Waals surface area contributed by atoms with Crippen LogP contribution in [0.1, 0.15) is 17.3 Å². The molecule has 2 rings (SSSR count). The summed E-state index contributed by atoms with van der Waals surface area (Å²) in [5.74, 6) is 0. The second-order valence-corrected chi connectivity index (χ2v) is 4.18. The number of thiophene rings is 1. The van der Waals surface area contributed by atoms with Crippen molar-refractivity contribution < 1.29 is 0 Å². The smallest absolute Gasteiger partial charge is 0.0931 e. The lowest BCUT2D eigenvalue weighted by atomic mass is 10.1. The molecule has 1 nitrogen and oxygen atoms in total. The summed E-state index contributed by atoms with van der Waals surface area (Å²) >= 11 is 7.45. The maximum absolute atomic E-state index is 5.78. The average molecular weight is 210 g/mol. The molecule has 4 heteroatoms. The number of hydrogen-bond acceptors (Lipinski definition) is 2. The van der Waals surface area contributed by atoms with Crippen molar-refractivity contribution in [1.29, 1.82) is 0 Å². The fourth-order valence-electron chi connectivity index (χ4n) is 1.05. The van der Waals surface area contributed by atoms with E-state index in [-0.39, 0.29) is 12.4 Å². The highest BCUT2D eigenvalue weighted by atomic mass is 35.5. The standard InChI is InChI=1S/C7H8ClNS.ClH/c8-7-2-1-6(10-7)5-3-4-9-5;/h1-2,5,9H,3-4H2;1H/t5-;/m0./s1. The Kier molecular flexibility index (Phi) is 3.19. The van der Waals surface area contributed by atoms with Crippen LogP contribution in [0.3, 0.4) is 0 Å². The molecule has 2 heterocycles. The van der Waals surface area contributed by atoms with E-state index in [1.165, 1.54) is 11.3 Å². The van der Waals surface area contributed by atoms with E-state index >= 15 is 0 Å². The second kappa shape index (κ2) is 3.76. The highest BCUT2D eigenvalue weighted by molar-refractivity contribution is 7.16. The lowest BCUT2D eigenvalue weighted by molar-refractivity contribution is 0.389. The van der Waals surface area contributed by atoms with Crippen LogP contribution in [0.25, 0.3) is 0 Å². The molecule has 1 aliphatic heterocycles. The van der Waals surface area contributed by atoms with E-state index in [1.54, 1.807) is 11.3 Å². The van der Waals surface area contributed by atoms with Gasteiger partial charge in [-0.1, -0.05) is 11.6 Å². The molecule has 0 saturated carbocycles. The average Bonchev–Trinajstić information content (AvgIpc) is 2.10. The fourth-order valence-corrected chi connectivity index (χ4v) is 2.22. The summed E-state index contributed by atoms with van der Waals surface area (Å²) in [6.45, 7) is 1.15. The van der Waals surface area contributed by atoms with Gasteiger partial charge in [0.2, 0.25) is 0 Å². The van der Waals surface area contributed by atoms with E-state index in [4.69, 9.17) is 11.6 Å². The minimum Gasteiger partial charge on any atom is -0.309 e. The molecule has 1 fully saturated rings. The number of nitrogens with one attached hydrogen (secondary N) is 1. The number of hydrogen-bond donors (Lipinski definition) is 1. The normalized spacial score (nSPS) is 22.1. The first-order valence-electron chi connectivity index (χ1n) is 3.35. The Balaban J connectivity index is 0.000000605. The molecule has 0 spiro atoms. The van der Waals surface area contributed by atoms with Crippen molar-refractivity contribution in [3.8, 4) is 0 Å². The largest absolute Gasteiger partial charge is 0.309 e. The van der Waals surface area contributed by atoms with Crippen LogP contribution in [0.15, 0.2) is 12.1 Å². The third-order valence-corrected chi connectivity index (χ3v) is 3.11. The maximum Gasteiger partial charge on any atom is 0.0931 e. The maximum atomic E-state index is 5.78. The van der Waals surface area contributed by atoms with E-state index in [9.17, 15) is 0 Å². The lowest BCUT2D eigenvalue weighted by Gasteiger charge is -2.26. The zero-order valence-corrected chi connectivity index (χ0v) is 8.23. The Hall–Kier alpha value is 0.240. The van der Waals surface area contributed by atoms with Crippen LogP contribution in [0.2, 0.25) is 4.34 Å². The molecule has 1 aliphatic rings. The summed E-state index contributed by atoms with van der Waals surface area (Å²) in [6, 6.07) is 4.66. The lowest BCUT2D eigenvalue weighted by Crippen LogP contribution is -2.34. The van der Waals surface area contributed by atoms with Gasteiger partial charge in [0.1, 0.15) is 0 Å². The summed E-state index contributed by atoms with van der Waals surface area (Å²) in [4.78, 5) is 1.37. The van der Waals surface area contributed by atoms with Crippen LogP contribution in [-0.2, 0) is 0 Å². The van der Waals surface area contributed by atoms with Gasteiger partial charge < -0.3 is 5.32 Å². The first kappa shape index (κ1) is 9.33. The molecule has 1 aromatic heterocycles. The predicted octanol–water partition coefficient (Wildman–Crippen LogP) is 2.86. The number of rotatable bonds is 1. The molecular formula is C7H9Cl2NS. The van der Waals surface area contributed by atoms with Crippen molar-refractivity contribution in [3.63, 3.8) is 0 Å². The van der Waals surface area contributed by atoms with Crippen LogP contribution in [0.4, 0.5) is 0 Å².